The molecule has 2 heterocycles. The number of carbonyl (C=O) groups is 1. The molecule has 0 aliphatic carbocycles. The molecule has 0 saturated heterocycles. The van der Waals surface area contributed by atoms with Crippen LogP contribution in [0.1, 0.15) is 30.6 Å². The van der Waals surface area contributed by atoms with Crippen LogP contribution in [0.3, 0.4) is 0 Å². The molecular formula is C16H19N3OS. The Hall–Kier alpha value is -1.88. The van der Waals surface area contributed by atoms with Gasteiger partial charge in [-0.05, 0) is 44.6 Å². The van der Waals surface area contributed by atoms with E-state index in [-0.39, 0.29) is 5.91 Å². The molecule has 4 nitrogen and oxygen atoms in total. The zero-order chi connectivity index (χ0) is 15.0. The summed E-state index contributed by atoms with van der Waals surface area (Å²) in [6.07, 6.45) is 3.02. The van der Waals surface area contributed by atoms with Crippen LogP contribution in [-0.2, 0) is 6.54 Å². The Labute approximate surface area is 129 Å². The average Bonchev–Trinajstić information content (AvgIpc) is 2.75. The summed E-state index contributed by atoms with van der Waals surface area (Å²) in [7, 11) is 0. The number of aromatic nitrogens is 2. The van der Waals surface area contributed by atoms with Crippen LogP contribution in [0.25, 0.3) is 11.0 Å². The summed E-state index contributed by atoms with van der Waals surface area (Å²) < 4.78 is 2.75. The van der Waals surface area contributed by atoms with E-state index in [1.807, 2.05) is 23.1 Å². The number of hydrogen-bond donors (Lipinski definition) is 1. The smallest absolute Gasteiger partial charge is 0.256 e. The molecule has 5 heteroatoms. The number of amides is 1. The molecule has 0 bridgehead atoms. The number of benzene rings is 1. The van der Waals surface area contributed by atoms with Gasteiger partial charge in [-0.15, -0.1) is 0 Å². The molecule has 0 saturated carbocycles. The van der Waals surface area contributed by atoms with E-state index in [1.165, 1.54) is 5.57 Å². The quantitative estimate of drug-likeness (QED) is 0.681. The van der Waals surface area contributed by atoms with Gasteiger partial charge in [0.05, 0.1) is 16.6 Å². The number of aryl methyl sites for hydroxylation is 1. The number of para-hydroxylation sites is 1. The zero-order valence-electron chi connectivity index (χ0n) is 12.3. The molecule has 0 unspecified atom stereocenters. The van der Waals surface area contributed by atoms with Crippen molar-refractivity contribution in [1.82, 2.24) is 14.5 Å². The highest BCUT2D eigenvalue weighted by molar-refractivity contribution is 7.71. The van der Waals surface area contributed by atoms with Crippen LogP contribution in [0.2, 0.25) is 0 Å². The fraction of sp³-hybridized carbons (Fsp3) is 0.375. The molecule has 1 aromatic heterocycles. The van der Waals surface area contributed by atoms with Gasteiger partial charge in [0, 0.05) is 19.6 Å². The van der Waals surface area contributed by atoms with Crippen LogP contribution >= 0.6 is 12.2 Å². The van der Waals surface area contributed by atoms with Crippen LogP contribution in [0.15, 0.2) is 29.8 Å². The van der Waals surface area contributed by atoms with Gasteiger partial charge in [0.25, 0.3) is 5.91 Å². The van der Waals surface area contributed by atoms with Crippen molar-refractivity contribution in [3.8, 4) is 0 Å². The van der Waals surface area contributed by atoms with E-state index in [9.17, 15) is 4.79 Å². The minimum absolute atomic E-state index is 0.0838. The number of H-pyrrole nitrogens is 1. The first-order valence-corrected chi connectivity index (χ1v) is 7.63. The second-order valence-corrected chi connectivity index (χ2v) is 6.06. The van der Waals surface area contributed by atoms with Crippen molar-refractivity contribution in [2.24, 2.45) is 0 Å². The maximum absolute atomic E-state index is 12.8. The number of allylic oxidation sites excluding steroid dienone is 1. The predicted molar refractivity (Wildman–Crippen MR) is 87.1 cm³/mol. The van der Waals surface area contributed by atoms with Gasteiger partial charge in [-0.3, -0.25) is 4.79 Å². The van der Waals surface area contributed by atoms with Crippen molar-refractivity contribution in [2.45, 2.75) is 26.8 Å². The van der Waals surface area contributed by atoms with Crippen molar-refractivity contribution in [1.29, 1.82) is 0 Å². The first-order chi connectivity index (χ1) is 10.1. The third-order valence-electron chi connectivity index (χ3n) is 3.84. The molecule has 1 aliphatic heterocycles. The molecule has 110 valence electrons. The minimum atomic E-state index is 0.0838. The first kappa shape index (κ1) is 14.1. The van der Waals surface area contributed by atoms with E-state index < -0.39 is 0 Å². The maximum Gasteiger partial charge on any atom is 0.256 e. The van der Waals surface area contributed by atoms with Crippen LogP contribution in [0.5, 0.6) is 0 Å². The summed E-state index contributed by atoms with van der Waals surface area (Å²) in [6, 6.07) is 5.77. The molecule has 1 N–H and O–H groups in total. The Kier molecular flexibility index (Phi) is 3.68. The molecule has 3 rings (SSSR count). The van der Waals surface area contributed by atoms with Crippen molar-refractivity contribution >= 4 is 29.2 Å². The fourth-order valence-corrected chi connectivity index (χ4v) is 3.06. The maximum atomic E-state index is 12.8. The third-order valence-corrected chi connectivity index (χ3v) is 4.16. The third kappa shape index (κ3) is 2.53. The number of rotatable bonds is 2. The van der Waals surface area contributed by atoms with E-state index in [4.69, 9.17) is 12.2 Å². The topological polar surface area (TPSA) is 41.0 Å². The lowest BCUT2D eigenvalue weighted by Crippen LogP contribution is -2.34. The second kappa shape index (κ2) is 5.48. The summed E-state index contributed by atoms with van der Waals surface area (Å²) in [5.41, 5.74) is 3.85. The number of nitrogens with one attached hydrogen (secondary N) is 1. The summed E-state index contributed by atoms with van der Waals surface area (Å²) in [5.74, 6) is 0.0838. The Balaban J connectivity index is 2.11. The van der Waals surface area contributed by atoms with Crippen LogP contribution < -0.4 is 0 Å². The summed E-state index contributed by atoms with van der Waals surface area (Å²) in [6.45, 7) is 6.38. The van der Waals surface area contributed by atoms with E-state index in [2.05, 4.69) is 29.5 Å². The molecule has 1 aliphatic rings. The SMILES string of the molecule is CC(C)=CCN1CCCn2c(=S)[nH]c3cccc(c32)C1=O. The van der Waals surface area contributed by atoms with Gasteiger partial charge in [-0.1, -0.05) is 17.7 Å². The van der Waals surface area contributed by atoms with Crippen LogP contribution in [0, 0.1) is 4.77 Å². The lowest BCUT2D eigenvalue weighted by Gasteiger charge is -2.24. The van der Waals surface area contributed by atoms with Gasteiger partial charge in [0.2, 0.25) is 0 Å². The van der Waals surface area contributed by atoms with E-state index >= 15 is 0 Å². The van der Waals surface area contributed by atoms with E-state index in [0.717, 1.165) is 36.1 Å². The van der Waals surface area contributed by atoms with Crippen molar-refractivity contribution in [2.75, 3.05) is 13.1 Å². The summed E-state index contributed by atoms with van der Waals surface area (Å²) >= 11 is 5.38. The molecule has 21 heavy (non-hydrogen) atoms. The summed E-state index contributed by atoms with van der Waals surface area (Å²) in [5, 5.41) is 0. The lowest BCUT2D eigenvalue weighted by molar-refractivity contribution is 0.0768. The first-order valence-electron chi connectivity index (χ1n) is 7.22. The van der Waals surface area contributed by atoms with E-state index in [1.54, 1.807) is 0 Å². The molecule has 1 aromatic carbocycles. The number of imidazole rings is 1. The number of aromatic amines is 1. The minimum Gasteiger partial charge on any atom is -0.335 e. The van der Waals surface area contributed by atoms with Gasteiger partial charge in [0.1, 0.15) is 0 Å². The van der Waals surface area contributed by atoms with Gasteiger partial charge < -0.3 is 14.5 Å². The standard InChI is InChI=1S/C16H19N3OS/c1-11(2)7-10-18-8-4-9-19-14-12(15(18)20)5-3-6-13(14)17-16(19)21/h3,5-7H,4,8-10H2,1-2H3,(H,17,21). The largest absolute Gasteiger partial charge is 0.335 e. The Morgan fingerprint density at radius 1 is 1.38 bits per heavy atom. The van der Waals surface area contributed by atoms with Crippen LogP contribution in [-0.4, -0.2) is 33.4 Å². The summed E-state index contributed by atoms with van der Waals surface area (Å²) in [4.78, 5) is 17.9. The molecule has 0 spiro atoms. The molecule has 2 aromatic rings. The predicted octanol–water partition coefficient (Wildman–Crippen LogP) is 3.51. The zero-order valence-corrected chi connectivity index (χ0v) is 13.2. The molecular weight excluding hydrogens is 282 g/mol. The Morgan fingerprint density at radius 3 is 2.95 bits per heavy atom. The number of hydrogen-bond acceptors (Lipinski definition) is 2. The van der Waals surface area contributed by atoms with Gasteiger partial charge in [-0.2, -0.15) is 0 Å². The van der Waals surface area contributed by atoms with Gasteiger partial charge in [0.15, 0.2) is 4.77 Å². The molecule has 0 atom stereocenters. The number of carbonyl (C=O) groups excluding carboxylic acids is 1. The Bertz CT molecular complexity index is 780. The Morgan fingerprint density at radius 2 is 2.19 bits per heavy atom. The van der Waals surface area contributed by atoms with Gasteiger partial charge in [-0.25, -0.2) is 0 Å². The monoisotopic (exact) mass is 301 g/mol. The second-order valence-electron chi connectivity index (χ2n) is 5.67. The normalized spacial score (nSPS) is 15.0. The lowest BCUT2D eigenvalue weighted by atomic mass is 10.1. The molecule has 0 fully saturated rings. The van der Waals surface area contributed by atoms with E-state index in [0.29, 0.717) is 11.3 Å². The number of nitrogens with zero attached hydrogens (tertiary/aromatic N) is 2. The van der Waals surface area contributed by atoms with Crippen molar-refractivity contribution in [3.63, 3.8) is 0 Å². The van der Waals surface area contributed by atoms with Crippen molar-refractivity contribution in [3.05, 3.63) is 40.2 Å². The van der Waals surface area contributed by atoms with Gasteiger partial charge >= 0.3 is 0 Å². The molecule has 0 radical (unpaired) electrons. The van der Waals surface area contributed by atoms with Crippen LogP contribution in [0.4, 0.5) is 0 Å². The highest BCUT2D eigenvalue weighted by Gasteiger charge is 2.22. The highest BCUT2D eigenvalue weighted by atomic mass is 32.1. The molecule has 1 amide bonds. The van der Waals surface area contributed by atoms with Crippen molar-refractivity contribution < 1.29 is 4.79 Å². The fourth-order valence-electron chi connectivity index (χ4n) is 2.76. The highest BCUT2D eigenvalue weighted by Crippen LogP contribution is 2.23. The average molecular weight is 301 g/mol.